The van der Waals surface area contributed by atoms with E-state index in [0.29, 0.717) is 0 Å². The van der Waals surface area contributed by atoms with Crippen molar-refractivity contribution in [2.75, 3.05) is 7.05 Å². The number of para-hydroxylation sites is 1. The molecule has 14 heavy (non-hydrogen) atoms. The van der Waals surface area contributed by atoms with Crippen LogP contribution in [0, 0.1) is 0 Å². The van der Waals surface area contributed by atoms with E-state index >= 15 is 0 Å². The fourth-order valence-corrected chi connectivity index (χ4v) is 1.84. The van der Waals surface area contributed by atoms with E-state index in [2.05, 4.69) is 24.4 Å². The predicted molar refractivity (Wildman–Crippen MR) is 58.4 cm³/mol. The van der Waals surface area contributed by atoms with E-state index in [1.165, 1.54) is 10.9 Å². The standard InChI is InChI=1S/C12H15NO/c1-3-9-10-6-4-5-7-11(10)14-12(9)8-13-2/h4-7,13H,3,8H2,1-2H3. The number of rotatable bonds is 3. The van der Waals surface area contributed by atoms with Crippen LogP contribution in [0.5, 0.6) is 0 Å². The summed E-state index contributed by atoms with van der Waals surface area (Å²) in [5, 5.41) is 4.38. The molecule has 2 nitrogen and oxygen atoms in total. The second kappa shape index (κ2) is 3.84. The van der Waals surface area contributed by atoms with Gasteiger partial charge in [0.2, 0.25) is 0 Å². The summed E-state index contributed by atoms with van der Waals surface area (Å²) < 4.78 is 5.77. The minimum absolute atomic E-state index is 0.803. The Hall–Kier alpha value is -1.28. The summed E-state index contributed by atoms with van der Waals surface area (Å²) in [6, 6.07) is 8.21. The molecule has 2 aromatic rings. The van der Waals surface area contributed by atoms with Crippen LogP contribution in [0.1, 0.15) is 18.2 Å². The summed E-state index contributed by atoms with van der Waals surface area (Å²) >= 11 is 0. The molecule has 0 saturated heterocycles. The van der Waals surface area contributed by atoms with Crippen molar-refractivity contribution in [1.29, 1.82) is 0 Å². The quantitative estimate of drug-likeness (QED) is 0.803. The van der Waals surface area contributed by atoms with Gasteiger partial charge in [0.05, 0.1) is 6.54 Å². The lowest BCUT2D eigenvalue weighted by atomic mass is 10.1. The zero-order valence-electron chi connectivity index (χ0n) is 8.63. The minimum atomic E-state index is 0.803. The summed E-state index contributed by atoms with van der Waals surface area (Å²) in [6.07, 6.45) is 1.02. The molecule has 2 rings (SSSR count). The fourth-order valence-electron chi connectivity index (χ4n) is 1.84. The van der Waals surface area contributed by atoms with Crippen LogP contribution in [-0.2, 0) is 13.0 Å². The van der Waals surface area contributed by atoms with Gasteiger partial charge in [0, 0.05) is 10.9 Å². The van der Waals surface area contributed by atoms with Gasteiger partial charge in [0.15, 0.2) is 0 Å². The van der Waals surface area contributed by atoms with Gasteiger partial charge in [-0.2, -0.15) is 0 Å². The maximum Gasteiger partial charge on any atom is 0.134 e. The molecular formula is C12H15NO. The first-order valence-electron chi connectivity index (χ1n) is 5.00. The SMILES string of the molecule is CCc1c(CNC)oc2ccccc12. The molecule has 0 aliphatic rings. The van der Waals surface area contributed by atoms with Gasteiger partial charge in [-0.3, -0.25) is 0 Å². The molecule has 1 aromatic carbocycles. The van der Waals surface area contributed by atoms with Crippen LogP contribution in [0.3, 0.4) is 0 Å². The molecule has 1 N–H and O–H groups in total. The summed E-state index contributed by atoms with van der Waals surface area (Å²) in [5.41, 5.74) is 2.32. The molecule has 0 saturated carbocycles. The van der Waals surface area contributed by atoms with Gasteiger partial charge in [-0.1, -0.05) is 25.1 Å². The van der Waals surface area contributed by atoms with Gasteiger partial charge >= 0.3 is 0 Å². The molecule has 0 radical (unpaired) electrons. The second-order valence-electron chi connectivity index (χ2n) is 3.38. The first-order valence-corrected chi connectivity index (χ1v) is 5.00. The molecule has 0 amide bonds. The molecule has 1 heterocycles. The van der Waals surface area contributed by atoms with E-state index in [1.807, 2.05) is 19.2 Å². The van der Waals surface area contributed by atoms with E-state index in [4.69, 9.17) is 4.42 Å². The first kappa shape index (κ1) is 9.28. The van der Waals surface area contributed by atoms with Crippen LogP contribution in [0.15, 0.2) is 28.7 Å². The van der Waals surface area contributed by atoms with E-state index in [0.717, 1.165) is 24.3 Å². The first-order chi connectivity index (χ1) is 6.86. The third-order valence-corrected chi connectivity index (χ3v) is 2.47. The lowest BCUT2D eigenvalue weighted by Crippen LogP contribution is -2.05. The molecule has 0 fully saturated rings. The maximum absolute atomic E-state index is 5.77. The molecule has 2 heteroatoms. The van der Waals surface area contributed by atoms with Crippen molar-refractivity contribution in [2.45, 2.75) is 19.9 Å². The molecule has 0 spiro atoms. The highest BCUT2D eigenvalue weighted by Crippen LogP contribution is 2.25. The van der Waals surface area contributed by atoms with Gasteiger partial charge in [-0.25, -0.2) is 0 Å². The number of hydrogen-bond donors (Lipinski definition) is 1. The van der Waals surface area contributed by atoms with Crippen molar-refractivity contribution in [3.05, 3.63) is 35.6 Å². The van der Waals surface area contributed by atoms with Gasteiger partial charge in [0.1, 0.15) is 11.3 Å². The van der Waals surface area contributed by atoms with E-state index in [1.54, 1.807) is 0 Å². The van der Waals surface area contributed by atoms with Crippen LogP contribution in [-0.4, -0.2) is 7.05 Å². The van der Waals surface area contributed by atoms with Crippen molar-refractivity contribution in [3.63, 3.8) is 0 Å². The highest BCUT2D eigenvalue weighted by Gasteiger charge is 2.10. The van der Waals surface area contributed by atoms with Crippen molar-refractivity contribution >= 4 is 11.0 Å². The zero-order chi connectivity index (χ0) is 9.97. The summed E-state index contributed by atoms with van der Waals surface area (Å²) in [6.45, 7) is 2.97. The number of benzene rings is 1. The lowest BCUT2D eigenvalue weighted by molar-refractivity contribution is 0.524. The predicted octanol–water partition coefficient (Wildman–Crippen LogP) is 2.71. The fraction of sp³-hybridized carbons (Fsp3) is 0.333. The topological polar surface area (TPSA) is 25.2 Å². The average molecular weight is 189 g/mol. The van der Waals surface area contributed by atoms with Gasteiger partial charge in [-0.05, 0) is 19.5 Å². The Morgan fingerprint density at radius 2 is 2.07 bits per heavy atom. The van der Waals surface area contributed by atoms with Crippen LogP contribution < -0.4 is 5.32 Å². The highest BCUT2D eigenvalue weighted by atomic mass is 16.3. The van der Waals surface area contributed by atoms with Gasteiger partial charge in [0.25, 0.3) is 0 Å². The maximum atomic E-state index is 5.77. The third-order valence-electron chi connectivity index (χ3n) is 2.47. The molecule has 0 unspecified atom stereocenters. The summed E-state index contributed by atoms with van der Waals surface area (Å²) in [4.78, 5) is 0. The Bertz CT molecular complexity index is 431. The lowest BCUT2D eigenvalue weighted by Gasteiger charge is -1.97. The molecular weight excluding hydrogens is 174 g/mol. The molecule has 0 aliphatic heterocycles. The molecule has 0 atom stereocenters. The van der Waals surface area contributed by atoms with E-state index < -0.39 is 0 Å². The monoisotopic (exact) mass is 189 g/mol. The average Bonchev–Trinajstić information content (AvgIpc) is 2.55. The number of furan rings is 1. The van der Waals surface area contributed by atoms with E-state index in [9.17, 15) is 0 Å². The number of nitrogens with one attached hydrogen (secondary N) is 1. The van der Waals surface area contributed by atoms with E-state index in [-0.39, 0.29) is 0 Å². The summed E-state index contributed by atoms with van der Waals surface area (Å²) in [5.74, 6) is 1.07. The van der Waals surface area contributed by atoms with Gasteiger partial charge in [-0.15, -0.1) is 0 Å². The zero-order valence-corrected chi connectivity index (χ0v) is 8.63. The second-order valence-corrected chi connectivity index (χ2v) is 3.38. The smallest absolute Gasteiger partial charge is 0.134 e. The molecule has 0 bridgehead atoms. The van der Waals surface area contributed by atoms with Crippen molar-refractivity contribution in [2.24, 2.45) is 0 Å². The highest BCUT2D eigenvalue weighted by molar-refractivity contribution is 5.82. The number of fused-ring (bicyclic) bond motifs is 1. The Kier molecular flexibility index (Phi) is 2.55. The molecule has 0 aliphatic carbocycles. The van der Waals surface area contributed by atoms with Crippen molar-refractivity contribution in [1.82, 2.24) is 5.32 Å². The number of aryl methyl sites for hydroxylation is 1. The Labute approximate surface area is 83.9 Å². The van der Waals surface area contributed by atoms with Crippen LogP contribution >= 0.6 is 0 Å². The minimum Gasteiger partial charge on any atom is -0.459 e. The van der Waals surface area contributed by atoms with Crippen molar-refractivity contribution in [3.8, 4) is 0 Å². The molecule has 74 valence electrons. The Morgan fingerprint density at radius 1 is 1.29 bits per heavy atom. The normalized spacial score (nSPS) is 11.0. The summed E-state index contributed by atoms with van der Waals surface area (Å²) in [7, 11) is 1.94. The third kappa shape index (κ3) is 1.42. The van der Waals surface area contributed by atoms with Gasteiger partial charge < -0.3 is 9.73 Å². The van der Waals surface area contributed by atoms with Crippen LogP contribution in [0.25, 0.3) is 11.0 Å². The van der Waals surface area contributed by atoms with Crippen LogP contribution in [0.4, 0.5) is 0 Å². The molecule has 1 aromatic heterocycles. The largest absolute Gasteiger partial charge is 0.459 e. The number of hydrogen-bond acceptors (Lipinski definition) is 2. The Balaban J connectivity index is 2.60. The Morgan fingerprint density at radius 3 is 2.79 bits per heavy atom. The van der Waals surface area contributed by atoms with Crippen LogP contribution in [0.2, 0.25) is 0 Å². The van der Waals surface area contributed by atoms with Crippen molar-refractivity contribution < 1.29 is 4.42 Å².